The van der Waals surface area contributed by atoms with Crippen LogP contribution in [-0.4, -0.2) is 48.5 Å². The Hall–Kier alpha value is -4.51. The number of unbranched alkanes of at least 4 members (excludes halogenated alkanes) is 1. The van der Waals surface area contributed by atoms with Crippen LogP contribution in [0.1, 0.15) is 41.1 Å². The summed E-state index contributed by atoms with van der Waals surface area (Å²) in [5.74, 6) is 0.923. The number of carbonyl (C=O) groups excluding carboxylic acids is 2. The van der Waals surface area contributed by atoms with Gasteiger partial charge in [0.15, 0.2) is 5.65 Å². The lowest BCUT2D eigenvalue weighted by molar-refractivity contribution is -0.109. The quantitative estimate of drug-likeness (QED) is 0.122. The third-order valence-corrected chi connectivity index (χ3v) is 8.06. The number of sulfonamides is 1. The maximum atomic E-state index is 12.4. The van der Waals surface area contributed by atoms with E-state index in [0.717, 1.165) is 64.3 Å². The minimum atomic E-state index is -3.94. The van der Waals surface area contributed by atoms with Gasteiger partial charge >= 0.3 is 6.03 Å². The Bertz CT molecular complexity index is 1680. The second-order valence-corrected chi connectivity index (χ2v) is 11.8. The maximum Gasteiger partial charge on any atom is 0.328 e. The summed E-state index contributed by atoms with van der Waals surface area (Å²) in [6.45, 7) is 6.66. The van der Waals surface area contributed by atoms with E-state index < -0.39 is 16.1 Å². The molecule has 0 aliphatic rings. The number of imidazole rings is 1. The Morgan fingerprint density at radius 1 is 0.952 bits per heavy atom. The van der Waals surface area contributed by atoms with Gasteiger partial charge in [0.2, 0.25) is 6.41 Å². The highest BCUT2D eigenvalue weighted by Crippen LogP contribution is 2.25. The van der Waals surface area contributed by atoms with Crippen LogP contribution in [0.25, 0.3) is 16.9 Å². The van der Waals surface area contributed by atoms with Gasteiger partial charge in [-0.15, -0.1) is 0 Å². The van der Waals surface area contributed by atoms with Gasteiger partial charge in [0.1, 0.15) is 11.3 Å². The highest BCUT2D eigenvalue weighted by Gasteiger charge is 2.18. The summed E-state index contributed by atoms with van der Waals surface area (Å²) in [7, 11) is -3.94. The van der Waals surface area contributed by atoms with E-state index in [1.54, 1.807) is 12.1 Å². The molecule has 0 radical (unpaired) electrons. The summed E-state index contributed by atoms with van der Waals surface area (Å²) >= 11 is 0. The second kappa shape index (κ2) is 13.9. The van der Waals surface area contributed by atoms with Gasteiger partial charge in [-0.2, -0.15) is 0 Å². The number of aromatic nitrogens is 3. The van der Waals surface area contributed by atoms with Crippen LogP contribution in [0.4, 0.5) is 4.79 Å². The minimum Gasteiger partial charge on any atom is -0.355 e. The standard InChI is InChI=1S/C31H36N6O4S/c1-22-9-15-27(16-10-22)42(40,41)36-31(39)33-19-17-25-11-13-26(14-12-25)37-28(8-6-4-5-7-18-32-21-38)35-29-23(2)20-24(3)34-30(29)37/h5,7,9-16,20-21H,4,6,8,17-19H2,1-3H3,(H,32,38)(H2,33,36,39). The molecule has 4 aromatic rings. The van der Waals surface area contributed by atoms with Crippen LogP contribution >= 0.6 is 0 Å². The number of aryl methyl sites for hydroxylation is 4. The molecule has 0 unspecified atom stereocenters. The van der Waals surface area contributed by atoms with Crippen molar-refractivity contribution in [3.8, 4) is 5.69 Å². The van der Waals surface area contributed by atoms with Crippen LogP contribution in [0.5, 0.6) is 0 Å². The predicted octanol–water partition coefficient (Wildman–Crippen LogP) is 4.20. The van der Waals surface area contributed by atoms with Gasteiger partial charge in [0, 0.05) is 30.9 Å². The van der Waals surface area contributed by atoms with E-state index in [-0.39, 0.29) is 11.4 Å². The predicted molar refractivity (Wildman–Crippen MR) is 163 cm³/mol. The first kappa shape index (κ1) is 30.4. The van der Waals surface area contributed by atoms with E-state index in [9.17, 15) is 18.0 Å². The van der Waals surface area contributed by atoms with Gasteiger partial charge in [-0.3, -0.25) is 9.36 Å². The first-order chi connectivity index (χ1) is 20.2. The molecule has 220 valence electrons. The number of urea groups is 1. The summed E-state index contributed by atoms with van der Waals surface area (Å²) < 4.78 is 29.0. The molecular formula is C31H36N6O4S. The molecule has 0 saturated heterocycles. The largest absolute Gasteiger partial charge is 0.355 e. The smallest absolute Gasteiger partial charge is 0.328 e. The fourth-order valence-corrected chi connectivity index (χ4v) is 5.54. The number of hydrogen-bond acceptors (Lipinski definition) is 6. The van der Waals surface area contributed by atoms with Gasteiger partial charge in [-0.25, -0.2) is 27.9 Å². The molecule has 10 nitrogen and oxygen atoms in total. The summed E-state index contributed by atoms with van der Waals surface area (Å²) in [6, 6.07) is 15.5. The average molecular weight is 589 g/mol. The fraction of sp³-hybridized carbons (Fsp3) is 0.290. The summed E-state index contributed by atoms with van der Waals surface area (Å²) in [5.41, 5.74) is 6.54. The van der Waals surface area contributed by atoms with Crippen molar-refractivity contribution in [3.63, 3.8) is 0 Å². The van der Waals surface area contributed by atoms with Crippen LogP contribution in [0.3, 0.4) is 0 Å². The lowest BCUT2D eigenvalue weighted by Gasteiger charge is -2.11. The van der Waals surface area contributed by atoms with Crippen molar-refractivity contribution in [2.45, 2.75) is 51.3 Å². The first-order valence-corrected chi connectivity index (χ1v) is 15.3. The first-order valence-electron chi connectivity index (χ1n) is 13.8. The second-order valence-electron chi connectivity index (χ2n) is 10.1. The molecule has 2 heterocycles. The maximum absolute atomic E-state index is 12.4. The number of nitrogens with zero attached hydrogens (tertiary/aromatic N) is 3. The Balaban J connectivity index is 1.41. The number of fused-ring (bicyclic) bond motifs is 1. The van der Waals surface area contributed by atoms with Gasteiger partial charge in [0.25, 0.3) is 10.0 Å². The molecule has 2 aromatic heterocycles. The monoisotopic (exact) mass is 588 g/mol. The molecule has 0 saturated carbocycles. The molecule has 0 aliphatic carbocycles. The molecule has 0 fully saturated rings. The minimum absolute atomic E-state index is 0.0356. The molecule has 3 N–H and O–H groups in total. The van der Waals surface area contributed by atoms with Crippen molar-refractivity contribution < 1.29 is 18.0 Å². The van der Waals surface area contributed by atoms with Crippen LogP contribution in [0.15, 0.2) is 71.6 Å². The number of amides is 3. The Morgan fingerprint density at radius 3 is 2.40 bits per heavy atom. The van der Waals surface area contributed by atoms with Gasteiger partial charge in [0.05, 0.1) is 4.90 Å². The number of rotatable bonds is 13. The molecular weight excluding hydrogens is 552 g/mol. The molecule has 0 atom stereocenters. The lowest BCUT2D eigenvalue weighted by Crippen LogP contribution is -2.40. The zero-order valence-corrected chi connectivity index (χ0v) is 24.9. The van der Waals surface area contributed by atoms with E-state index in [1.807, 2.05) is 57.2 Å². The third kappa shape index (κ3) is 7.82. The number of pyridine rings is 1. The molecule has 0 aliphatic heterocycles. The zero-order chi connectivity index (χ0) is 30.1. The van der Waals surface area contributed by atoms with Gasteiger partial charge in [-0.05, 0) is 81.5 Å². The van der Waals surface area contributed by atoms with Crippen LogP contribution in [0.2, 0.25) is 0 Å². The molecule has 3 amide bonds. The van der Waals surface area contributed by atoms with Gasteiger partial charge in [-0.1, -0.05) is 42.0 Å². The Morgan fingerprint density at radius 2 is 1.69 bits per heavy atom. The molecule has 11 heteroatoms. The fourth-order valence-electron chi connectivity index (χ4n) is 4.61. The zero-order valence-electron chi connectivity index (χ0n) is 24.1. The highest BCUT2D eigenvalue weighted by atomic mass is 32.2. The van der Waals surface area contributed by atoms with Gasteiger partial charge < -0.3 is 10.6 Å². The normalized spacial score (nSPS) is 11.6. The summed E-state index contributed by atoms with van der Waals surface area (Å²) in [5, 5.41) is 5.24. The average Bonchev–Trinajstić information content (AvgIpc) is 3.31. The van der Waals surface area contributed by atoms with Crippen LogP contribution in [0, 0.1) is 20.8 Å². The topological polar surface area (TPSA) is 135 Å². The summed E-state index contributed by atoms with van der Waals surface area (Å²) in [4.78, 5) is 32.4. The SMILES string of the molecule is Cc1ccc(S(=O)(=O)NC(=O)NCCc2ccc(-n3c(CCCC=CCNC=O)nc4c(C)cc(C)nc43)cc2)cc1. The third-order valence-electron chi connectivity index (χ3n) is 6.71. The van der Waals surface area contributed by atoms with Crippen molar-refractivity contribution in [2.75, 3.05) is 13.1 Å². The van der Waals surface area contributed by atoms with Crippen LogP contribution < -0.4 is 15.4 Å². The van der Waals surface area contributed by atoms with E-state index in [2.05, 4.69) is 26.0 Å². The van der Waals surface area contributed by atoms with E-state index in [0.29, 0.717) is 19.4 Å². The van der Waals surface area contributed by atoms with E-state index in [1.165, 1.54) is 12.1 Å². The number of hydrogen-bond donors (Lipinski definition) is 3. The number of carbonyl (C=O) groups is 2. The van der Waals surface area contributed by atoms with Crippen molar-refractivity contribution >= 4 is 33.6 Å². The van der Waals surface area contributed by atoms with Crippen molar-refractivity contribution in [1.82, 2.24) is 29.9 Å². The molecule has 0 bridgehead atoms. The Kier molecular flexibility index (Phi) is 10.1. The van der Waals surface area contributed by atoms with Crippen molar-refractivity contribution in [1.29, 1.82) is 0 Å². The molecule has 42 heavy (non-hydrogen) atoms. The molecule has 4 rings (SSSR count). The molecule has 0 spiro atoms. The van der Waals surface area contributed by atoms with Crippen LogP contribution in [-0.2, 0) is 27.7 Å². The summed E-state index contributed by atoms with van der Waals surface area (Å²) in [6.07, 6.45) is 7.71. The molecule has 2 aromatic carbocycles. The van der Waals surface area contributed by atoms with Crippen molar-refractivity contribution in [3.05, 3.63) is 95.0 Å². The number of benzene rings is 2. The highest BCUT2D eigenvalue weighted by molar-refractivity contribution is 7.90. The number of nitrogens with one attached hydrogen (secondary N) is 3. The lowest BCUT2D eigenvalue weighted by atomic mass is 10.1. The van der Waals surface area contributed by atoms with E-state index in [4.69, 9.17) is 9.97 Å². The number of allylic oxidation sites excluding steroid dienone is 1. The van der Waals surface area contributed by atoms with E-state index >= 15 is 0 Å². The van der Waals surface area contributed by atoms with Crippen molar-refractivity contribution in [2.24, 2.45) is 0 Å². The Labute approximate surface area is 246 Å².